The molecular weight excluding hydrogens is 332 g/mol. The second-order valence-corrected chi connectivity index (χ2v) is 5.74. The van der Waals surface area contributed by atoms with Gasteiger partial charge in [0.2, 0.25) is 5.91 Å². The molecule has 0 heterocycles. The maximum Gasteiger partial charge on any atom is 0.237 e. The summed E-state index contributed by atoms with van der Waals surface area (Å²) in [5.74, 6) is 0.00878. The van der Waals surface area contributed by atoms with Crippen molar-refractivity contribution in [2.45, 2.75) is 19.0 Å². The van der Waals surface area contributed by atoms with E-state index in [1.165, 1.54) is 0 Å². The molecular formula is C16H17BrN2O2. The van der Waals surface area contributed by atoms with Gasteiger partial charge in [0.15, 0.2) is 0 Å². The lowest BCUT2D eigenvalue weighted by atomic mass is 10.1. The Hall–Kier alpha value is -1.85. The number of hydrogen-bond acceptors (Lipinski definition) is 3. The molecule has 1 atom stereocenters. The van der Waals surface area contributed by atoms with Crippen LogP contribution in [0.3, 0.4) is 0 Å². The Morgan fingerprint density at radius 3 is 2.57 bits per heavy atom. The van der Waals surface area contributed by atoms with Crippen molar-refractivity contribution in [2.24, 2.45) is 5.73 Å². The summed E-state index contributed by atoms with van der Waals surface area (Å²) in [4.78, 5) is 12.0. The molecule has 0 spiro atoms. The van der Waals surface area contributed by atoms with E-state index in [0.717, 1.165) is 15.6 Å². The van der Waals surface area contributed by atoms with Crippen LogP contribution < -0.4 is 11.1 Å². The Kier molecular flexibility index (Phi) is 5.36. The number of nitrogens with two attached hydrogens (primary N) is 1. The number of rotatable bonds is 5. The van der Waals surface area contributed by atoms with Crippen molar-refractivity contribution in [1.82, 2.24) is 5.32 Å². The number of amides is 1. The molecule has 21 heavy (non-hydrogen) atoms. The molecule has 0 aromatic heterocycles. The molecule has 110 valence electrons. The molecule has 0 bridgehead atoms. The molecule has 1 amide bonds. The lowest BCUT2D eigenvalue weighted by Crippen LogP contribution is -2.41. The zero-order valence-electron chi connectivity index (χ0n) is 11.4. The Morgan fingerprint density at radius 2 is 1.90 bits per heavy atom. The maximum atomic E-state index is 12.0. The van der Waals surface area contributed by atoms with Gasteiger partial charge in [-0.15, -0.1) is 0 Å². The number of hydrogen-bond donors (Lipinski definition) is 3. The standard InChI is InChI=1S/C16H17BrN2O2/c17-13-3-1-2-12(8-13)10-19-16(21)15(18)9-11-4-6-14(20)7-5-11/h1-8,15,20H,9-10,18H2,(H,19,21). The van der Waals surface area contributed by atoms with Gasteiger partial charge in [-0.1, -0.05) is 40.2 Å². The molecule has 2 rings (SSSR count). The molecule has 0 fully saturated rings. The Morgan fingerprint density at radius 1 is 1.19 bits per heavy atom. The van der Waals surface area contributed by atoms with Gasteiger partial charge in [-0.25, -0.2) is 0 Å². The molecule has 5 heteroatoms. The topological polar surface area (TPSA) is 75.3 Å². The van der Waals surface area contributed by atoms with Gasteiger partial charge in [-0.2, -0.15) is 0 Å². The van der Waals surface area contributed by atoms with E-state index in [1.807, 2.05) is 24.3 Å². The fraction of sp³-hybridized carbons (Fsp3) is 0.188. The van der Waals surface area contributed by atoms with Crippen molar-refractivity contribution >= 4 is 21.8 Å². The number of nitrogens with one attached hydrogen (secondary N) is 1. The first-order valence-electron chi connectivity index (χ1n) is 6.60. The van der Waals surface area contributed by atoms with E-state index in [0.29, 0.717) is 13.0 Å². The molecule has 1 unspecified atom stereocenters. The molecule has 4 nitrogen and oxygen atoms in total. The van der Waals surface area contributed by atoms with Crippen LogP contribution in [0.15, 0.2) is 53.0 Å². The maximum absolute atomic E-state index is 12.0. The first kappa shape index (κ1) is 15.5. The van der Waals surface area contributed by atoms with Gasteiger partial charge in [-0.05, 0) is 41.8 Å². The highest BCUT2D eigenvalue weighted by Crippen LogP contribution is 2.12. The van der Waals surface area contributed by atoms with Crippen LogP contribution in [0.2, 0.25) is 0 Å². The highest BCUT2D eigenvalue weighted by molar-refractivity contribution is 9.10. The molecule has 0 aliphatic carbocycles. The molecule has 0 saturated heterocycles. The first-order chi connectivity index (χ1) is 10.0. The molecule has 0 radical (unpaired) electrons. The third-order valence-electron chi connectivity index (χ3n) is 3.08. The van der Waals surface area contributed by atoms with E-state index in [2.05, 4.69) is 21.2 Å². The zero-order chi connectivity index (χ0) is 15.2. The average Bonchev–Trinajstić information content (AvgIpc) is 2.47. The van der Waals surface area contributed by atoms with Crippen molar-refractivity contribution < 1.29 is 9.90 Å². The van der Waals surface area contributed by atoms with Crippen molar-refractivity contribution in [2.75, 3.05) is 0 Å². The summed E-state index contributed by atoms with van der Waals surface area (Å²) in [6, 6.07) is 13.8. The van der Waals surface area contributed by atoms with Crippen LogP contribution in [0.5, 0.6) is 5.75 Å². The molecule has 4 N–H and O–H groups in total. The summed E-state index contributed by atoms with van der Waals surface area (Å²) in [5.41, 5.74) is 7.82. The van der Waals surface area contributed by atoms with Crippen molar-refractivity contribution in [3.05, 3.63) is 64.1 Å². The molecule has 0 saturated carbocycles. The molecule has 2 aromatic carbocycles. The molecule has 0 aliphatic rings. The number of phenols is 1. The normalized spacial score (nSPS) is 11.9. The summed E-state index contributed by atoms with van der Waals surface area (Å²) in [5, 5.41) is 12.0. The Labute approximate surface area is 132 Å². The van der Waals surface area contributed by atoms with Crippen LogP contribution in [-0.2, 0) is 17.8 Å². The fourth-order valence-electron chi connectivity index (χ4n) is 1.95. The molecule has 0 aliphatic heterocycles. The van der Waals surface area contributed by atoms with Crippen molar-refractivity contribution in [3.8, 4) is 5.75 Å². The summed E-state index contributed by atoms with van der Waals surface area (Å²) >= 11 is 3.39. The molecule has 2 aromatic rings. The second kappa shape index (κ2) is 7.24. The largest absolute Gasteiger partial charge is 0.508 e. The van der Waals surface area contributed by atoms with Crippen LogP contribution in [0.25, 0.3) is 0 Å². The van der Waals surface area contributed by atoms with E-state index >= 15 is 0 Å². The van der Waals surface area contributed by atoms with Crippen LogP contribution in [-0.4, -0.2) is 17.1 Å². The van der Waals surface area contributed by atoms with Gasteiger partial charge >= 0.3 is 0 Å². The van der Waals surface area contributed by atoms with E-state index in [4.69, 9.17) is 5.73 Å². The predicted molar refractivity (Wildman–Crippen MR) is 85.8 cm³/mol. The highest BCUT2D eigenvalue weighted by Gasteiger charge is 2.13. The summed E-state index contributed by atoms with van der Waals surface area (Å²) in [6.07, 6.45) is 0.435. The van der Waals surface area contributed by atoms with Crippen LogP contribution in [0.4, 0.5) is 0 Å². The highest BCUT2D eigenvalue weighted by atomic mass is 79.9. The number of benzene rings is 2. The Bertz CT molecular complexity index is 614. The predicted octanol–water partition coefficient (Wildman–Crippen LogP) is 2.34. The summed E-state index contributed by atoms with van der Waals surface area (Å²) in [6.45, 7) is 0.446. The van der Waals surface area contributed by atoms with Gasteiger partial charge < -0.3 is 16.2 Å². The summed E-state index contributed by atoms with van der Waals surface area (Å²) in [7, 11) is 0. The minimum atomic E-state index is -0.610. The number of halogens is 1. The van der Waals surface area contributed by atoms with Crippen LogP contribution in [0, 0.1) is 0 Å². The number of phenolic OH excluding ortho intramolecular Hbond substituents is 1. The van der Waals surface area contributed by atoms with Gasteiger partial charge in [0, 0.05) is 11.0 Å². The van der Waals surface area contributed by atoms with E-state index in [9.17, 15) is 9.90 Å². The second-order valence-electron chi connectivity index (χ2n) is 4.82. The Balaban J connectivity index is 1.86. The first-order valence-corrected chi connectivity index (χ1v) is 7.39. The third-order valence-corrected chi connectivity index (χ3v) is 3.58. The van der Waals surface area contributed by atoms with E-state index in [-0.39, 0.29) is 11.7 Å². The van der Waals surface area contributed by atoms with Crippen molar-refractivity contribution in [3.63, 3.8) is 0 Å². The zero-order valence-corrected chi connectivity index (χ0v) is 13.0. The van der Waals surface area contributed by atoms with E-state index < -0.39 is 6.04 Å². The van der Waals surface area contributed by atoms with Gasteiger partial charge in [0.25, 0.3) is 0 Å². The monoisotopic (exact) mass is 348 g/mol. The lowest BCUT2D eigenvalue weighted by molar-refractivity contribution is -0.122. The third kappa shape index (κ3) is 4.88. The smallest absolute Gasteiger partial charge is 0.237 e. The van der Waals surface area contributed by atoms with Gasteiger partial charge in [0.05, 0.1) is 6.04 Å². The minimum Gasteiger partial charge on any atom is -0.508 e. The number of aromatic hydroxyl groups is 1. The average molecular weight is 349 g/mol. The van der Waals surface area contributed by atoms with Crippen LogP contribution >= 0.6 is 15.9 Å². The minimum absolute atomic E-state index is 0.192. The number of carbonyl (C=O) groups is 1. The summed E-state index contributed by atoms with van der Waals surface area (Å²) < 4.78 is 0.975. The van der Waals surface area contributed by atoms with E-state index in [1.54, 1.807) is 24.3 Å². The quantitative estimate of drug-likeness (QED) is 0.776. The van der Waals surface area contributed by atoms with Gasteiger partial charge in [0.1, 0.15) is 5.75 Å². The van der Waals surface area contributed by atoms with Crippen molar-refractivity contribution in [1.29, 1.82) is 0 Å². The van der Waals surface area contributed by atoms with Crippen LogP contribution in [0.1, 0.15) is 11.1 Å². The van der Waals surface area contributed by atoms with Gasteiger partial charge in [-0.3, -0.25) is 4.79 Å². The SMILES string of the molecule is NC(Cc1ccc(O)cc1)C(=O)NCc1cccc(Br)c1. The lowest BCUT2D eigenvalue weighted by Gasteiger charge is -2.12. The number of carbonyl (C=O) groups excluding carboxylic acids is 1. The fourth-order valence-corrected chi connectivity index (χ4v) is 2.39.